The molecule has 16 heavy (non-hydrogen) atoms. The van der Waals surface area contributed by atoms with Gasteiger partial charge in [-0.15, -0.1) is 0 Å². The number of hydrogen-bond donors (Lipinski definition) is 0. The number of carbonyl (C=O) groups excluding carboxylic acids is 1. The molecule has 0 aliphatic carbocycles. The second-order valence-corrected chi connectivity index (χ2v) is 7.47. The fourth-order valence-corrected chi connectivity index (χ4v) is 3.83. The molecule has 0 saturated carbocycles. The summed E-state index contributed by atoms with van der Waals surface area (Å²) in [6.45, 7) is 5.31. The molecule has 0 fully saturated rings. The lowest BCUT2D eigenvalue weighted by Crippen LogP contribution is -2.42. The molecule has 94 valence electrons. The standard InChI is InChI=1S/C10H20O4SSi/c1-9(2)10(11)15-7-6-8-16(12-3,13-4)14-5/h1,6-8H2,2-5H3. The molecular weight excluding hydrogens is 244 g/mol. The van der Waals surface area contributed by atoms with Crippen molar-refractivity contribution < 1.29 is 18.1 Å². The molecule has 0 amide bonds. The summed E-state index contributed by atoms with van der Waals surface area (Å²) >= 11 is 1.27. The maximum Gasteiger partial charge on any atom is 0.500 e. The summed E-state index contributed by atoms with van der Waals surface area (Å²) in [5.74, 6) is 0.733. The van der Waals surface area contributed by atoms with E-state index in [1.807, 2.05) is 0 Å². The molecule has 0 aliphatic rings. The van der Waals surface area contributed by atoms with Crippen molar-refractivity contribution >= 4 is 25.7 Å². The molecule has 0 N–H and O–H groups in total. The first-order chi connectivity index (χ1) is 7.51. The molecule has 0 heterocycles. The second-order valence-electron chi connectivity index (χ2n) is 3.32. The van der Waals surface area contributed by atoms with Crippen molar-refractivity contribution in [2.45, 2.75) is 19.4 Å². The fourth-order valence-electron chi connectivity index (χ4n) is 1.13. The van der Waals surface area contributed by atoms with Gasteiger partial charge in [-0.2, -0.15) is 0 Å². The predicted molar refractivity (Wildman–Crippen MR) is 68.5 cm³/mol. The summed E-state index contributed by atoms with van der Waals surface area (Å²) in [6.07, 6.45) is 0.825. The molecule has 0 rings (SSSR count). The lowest BCUT2D eigenvalue weighted by molar-refractivity contribution is -0.107. The van der Waals surface area contributed by atoms with Crippen molar-refractivity contribution in [1.29, 1.82) is 0 Å². The molecule has 0 atom stereocenters. The molecule has 0 spiro atoms. The Morgan fingerprint density at radius 2 is 1.75 bits per heavy atom. The van der Waals surface area contributed by atoms with Gasteiger partial charge in [-0.1, -0.05) is 18.3 Å². The Morgan fingerprint density at radius 1 is 1.25 bits per heavy atom. The van der Waals surface area contributed by atoms with Crippen molar-refractivity contribution in [1.82, 2.24) is 0 Å². The van der Waals surface area contributed by atoms with Gasteiger partial charge in [0.05, 0.1) is 0 Å². The van der Waals surface area contributed by atoms with E-state index in [4.69, 9.17) is 13.3 Å². The van der Waals surface area contributed by atoms with E-state index >= 15 is 0 Å². The minimum Gasteiger partial charge on any atom is -0.377 e. The van der Waals surface area contributed by atoms with Gasteiger partial charge in [0.25, 0.3) is 0 Å². The van der Waals surface area contributed by atoms with E-state index in [1.165, 1.54) is 11.8 Å². The van der Waals surface area contributed by atoms with Gasteiger partial charge in [0.1, 0.15) is 0 Å². The number of thioether (sulfide) groups is 1. The van der Waals surface area contributed by atoms with Crippen LogP contribution in [0.5, 0.6) is 0 Å². The summed E-state index contributed by atoms with van der Waals surface area (Å²) in [4.78, 5) is 11.3. The van der Waals surface area contributed by atoms with Crippen molar-refractivity contribution in [3.05, 3.63) is 12.2 Å². The zero-order valence-corrected chi connectivity index (χ0v) is 12.2. The van der Waals surface area contributed by atoms with Gasteiger partial charge < -0.3 is 13.3 Å². The Kier molecular flexibility index (Phi) is 7.95. The van der Waals surface area contributed by atoms with E-state index in [9.17, 15) is 4.79 Å². The number of hydrogen-bond acceptors (Lipinski definition) is 5. The Morgan fingerprint density at radius 3 is 2.12 bits per heavy atom. The molecule has 6 heteroatoms. The zero-order chi connectivity index (χ0) is 12.6. The number of carbonyl (C=O) groups is 1. The van der Waals surface area contributed by atoms with Crippen LogP contribution in [-0.4, -0.2) is 41.0 Å². The largest absolute Gasteiger partial charge is 0.500 e. The Bertz CT molecular complexity index is 233. The third kappa shape index (κ3) is 5.27. The van der Waals surface area contributed by atoms with Crippen LogP contribution in [-0.2, 0) is 18.1 Å². The van der Waals surface area contributed by atoms with Gasteiger partial charge in [-0.05, 0) is 18.9 Å². The van der Waals surface area contributed by atoms with Crippen molar-refractivity contribution in [2.75, 3.05) is 27.1 Å². The highest BCUT2D eigenvalue weighted by atomic mass is 32.2. The molecule has 0 bridgehead atoms. The maximum atomic E-state index is 11.3. The van der Waals surface area contributed by atoms with E-state index in [0.29, 0.717) is 11.6 Å². The van der Waals surface area contributed by atoms with Gasteiger partial charge in [-0.3, -0.25) is 4.79 Å². The first kappa shape index (κ1) is 15.9. The summed E-state index contributed by atoms with van der Waals surface area (Å²) < 4.78 is 15.8. The minimum atomic E-state index is -2.46. The Labute approximate surface area is 103 Å². The second kappa shape index (κ2) is 8.02. The highest BCUT2D eigenvalue weighted by Gasteiger charge is 2.36. The van der Waals surface area contributed by atoms with Crippen LogP contribution < -0.4 is 0 Å². The lowest BCUT2D eigenvalue weighted by atomic mass is 10.4. The van der Waals surface area contributed by atoms with Gasteiger partial charge in [0.2, 0.25) is 5.12 Å². The van der Waals surface area contributed by atoms with E-state index in [0.717, 1.165) is 12.2 Å². The fraction of sp³-hybridized carbons (Fsp3) is 0.700. The smallest absolute Gasteiger partial charge is 0.377 e. The molecule has 0 unspecified atom stereocenters. The van der Waals surface area contributed by atoms with Crippen LogP contribution >= 0.6 is 11.8 Å². The van der Waals surface area contributed by atoms with Crippen molar-refractivity contribution in [3.8, 4) is 0 Å². The SMILES string of the molecule is C=C(C)C(=O)SCCC[Si](OC)(OC)OC. The topological polar surface area (TPSA) is 44.8 Å². The van der Waals surface area contributed by atoms with Crippen LogP contribution in [0, 0.1) is 0 Å². The van der Waals surface area contributed by atoms with Gasteiger partial charge >= 0.3 is 8.80 Å². The maximum absolute atomic E-state index is 11.3. The molecule has 0 radical (unpaired) electrons. The monoisotopic (exact) mass is 264 g/mol. The average Bonchev–Trinajstić information content (AvgIpc) is 2.30. The van der Waals surface area contributed by atoms with E-state index < -0.39 is 8.80 Å². The van der Waals surface area contributed by atoms with Crippen LogP contribution in [0.3, 0.4) is 0 Å². The van der Waals surface area contributed by atoms with Crippen LogP contribution in [0.15, 0.2) is 12.2 Å². The normalized spacial score (nSPS) is 11.5. The van der Waals surface area contributed by atoms with Crippen LogP contribution in [0.25, 0.3) is 0 Å². The van der Waals surface area contributed by atoms with Crippen LogP contribution in [0.4, 0.5) is 0 Å². The Balaban J connectivity index is 3.88. The third-order valence-electron chi connectivity index (χ3n) is 2.14. The average molecular weight is 264 g/mol. The predicted octanol–water partition coefficient (Wildman–Crippen LogP) is 2.09. The van der Waals surface area contributed by atoms with E-state index in [-0.39, 0.29) is 5.12 Å². The molecule has 0 aliphatic heterocycles. The molecule has 0 aromatic heterocycles. The zero-order valence-electron chi connectivity index (χ0n) is 10.4. The van der Waals surface area contributed by atoms with E-state index in [2.05, 4.69) is 6.58 Å². The summed E-state index contributed by atoms with van der Waals surface area (Å²) in [5, 5.41) is 0.0412. The molecular formula is C10H20O4SSi. The molecule has 0 aromatic rings. The van der Waals surface area contributed by atoms with Crippen LogP contribution in [0.2, 0.25) is 6.04 Å². The Hall–Kier alpha value is -0.143. The molecule has 4 nitrogen and oxygen atoms in total. The first-order valence-electron chi connectivity index (χ1n) is 4.99. The lowest BCUT2D eigenvalue weighted by Gasteiger charge is -2.23. The summed E-state index contributed by atoms with van der Waals surface area (Å²) in [5.41, 5.74) is 0.582. The minimum absolute atomic E-state index is 0.0412. The highest BCUT2D eigenvalue weighted by molar-refractivity contribution is 8.14. The first-order valence-corrected chi connectivity index (χ1v) is 7.91. The number of rotatable bonds is 8. The summed E-state index contributed by atoms with van der Waals surface area (Å²) in [7, 11) is 2.30. The molecule has 0 aromatic carbocycles. The van der Waals surface area contributed by atoms with Gasteiger partial charge in [0, 0.05) is 33.1 Å². The molecule has 0 saturated heterocycles. The van der Waals surface area contributed by atoms with E-state index in [1.54, 1.807) is 28.3 Å². The van der Waals surface area contributed by atoms with Crippen molar-refractivity contribution in [2.24, 2.45) is 0 Å². The van der Waals surface area contributed by atoms with Crippen molar-refractivity contribution in [3.63, 3.8) is 0 Å². The summed E-state index contributed by atoms with van der Waals surface area (Å²) in [6, 6.07) is 0.715. The van der Waals surface area contributed by atoms with Gasteiger partial charge in [-0.25, -0.2) is 0 Å². The highest BCUT2D eigenvalue weighted by Crippen LogP contribution is 2.18. The van der Waals surface area contributed by atoms with Crippen LogP contribution in [0.1, 0.15) is 13.3 Å². The van der Waals surface area contributed by atoms with Gasteiger partial charge in [0.15, 0.2) is 0 Å². The quantitative estimate of drug-likeness (QED) is 0.381. The third-order valence-corrected chi connectivity index (χ3v) is 6.08.